The molecular weight excluding hydrogens is 216 g/mol. The van der Waals surface area contributed by atoms with E-state index in [0.717, 1.165) is 25.9 Å². The van der Waals surface area contributed by atoms with E-state index in [2.05, 4.69) is 4.90 Å². The molecular formula is C13H26N2O2. The van der Waals surface area contributed by atoms with Gasteiger partial charge in [-0.2, -0.15) is 0 Å². The fourth-order valence-corrected chi connectivity index (χ4v) is 2.30. The third kappa shape index (κ3) is 3.68. The van der Waals surface area contributed by atoms with E-state index in [4.69, 9.17) is 0 Å². The molecule has 1 fully saturated rings. The van der Waals surface area contributed by atoms with E-state index in [1.807, 2.05) is 27.8 Å². The summed E-state index contributed by atoms with van der Waals surface area (Å²) in [6.45, 7) is 8.07. The molecule has 0 saturated carbocycles. The van der Waals surface area contributed by atoms with Crippen molar-refractivity contribution >= 4 is 5.91 Å². The average molecular weight is 242 g/mol. The number of nitrogens with zero attached hydrogens (tertiary/aromatic N) is 2. The van der Waals surface area contributed by atoms with Crippen LogP contribution in [-0.2, 0) is 4.79 Å². The average Bonchev–Trinajstić information content (AvgIpc) is 2.36. The number of likely N-dealkylation sites (tertiary alicyclic amines) is 1. The van der Waals surface area contributed by atoms with Gasteiger partial charge in [0.1, 0.15) is 0 Å². The SMILES string of the molecule is CC(C(=O)N(C)C(C)C)N1CCCC(CO)C1. The summed E-state index contributed by atoms with van der Waals surface area (Å²) in [7, 11) is 1.86. The lowest BCUT2D eigenvalue weighted by Crippen LogP contribution is -2.51. The van der Waals surface area contributed by atoms with Gasteiger partial charge in [-0.3, -0.25) is 9.69 Å². The second-order valence-electron chi connectivity index (χ2n) is 5.40. The second-order valence-corrected chi connectivity index (χ2v) is 5.40. The number of hydrogen-bond donors (Lipinski definition) is 1. The second kappa shape index (κ2) is 6.36. The minimum absolute atomic E-state index is 0.0725. The van der Waals surface area contributed by atoms with Crippen LogP contribution < -0.4 is 0 Å². The summed E-state index contributed by atoms with van der Waals surface area (Å²) in [6, 6.07) is 0.167. The Bertz CT molecular complexity index is 256. The van der Waals surface area contributed by atoms with Gasteiger partial charge >= 0.3 is 0 Å². The summed E-state index contributed by atoms with van der Waals surface area (Å²) in [5, 5.41) is 9.20. The number of rotatable bonds is 4. The minimum Gasteiger partial charge on any atom is -0.396 e. The maximum absolute atomic E-state index is 12.2. The van der Waals surface area contributed by atoms with Gasteiger partial charge in [-0.25, -0.2) is 0 Å². The topological polar surface area (TPSA) is 43.8 Å². The minimum atomic E-state index is -0.0725. The van der Waals surface area contributed by atoms with E-state index in [-0.39, 0.29) is 24.6 Å². The van der Waals surface area contributed by atoms with E-state index >= 15 is 0 Å². The first-order valence-corrected chi connectivity index (χ1v) is 6.59. The maximum Gasteiger partial charge on any atom is 0.239 e. The molecule has 1 aliphatic heterocycles. The normalized spacial score (nSPS) is 23.8. The fraction of sp³-hybridized carbons (Fsp3) is 0.923. The molecule has 4 nitrogen and oxygen atoms in total. The van der Waals surface area contributed by atoms with Crippen molar-refractivity contribution in [3.8, 4) is 0 Å². The van der Waals surface area contributed by atoms with Crippen LogP contribution in [0.15, 0.2) is 0 Å². The highest BCUT2D eigenvalue weighted by Gasteiger charge is 2.29. The standard InChI is InChI=1S/C13H26N2O2/c1-10(2)14(4)13(17)11(3)15-7-5-6-12(8-15)9-16/h10-12,16H,5-9H2,1-4H3. The van der Waals surface area contributed by atoms with Crippen molar-refractivity contribution in [3.63, 3.8) is 0 Å². The molecule has 0 aromatic carbocycles. The van der Waals surface area contributed by atoms with E-state index in [1.54, 1.807) is 4.90 Å². The lowest BCUT2D eigenvalue weighted by atomic mass is 9.97. The quantitative estimate of drug-likeness (QED) is 0.798. The zero-order valence-corrected chi connectivity index (χ0v) is 11.5. The third-order valence-electron chi connectivity index (χ3n) is 3.84. The van der Waals surface area contributed by atoms with Crippen LogP contribution in [0.3, 0.4) is 0 Å². The molecule has 1 N–H and O–H groups in total. The summed E-state index contributed by atoms with van der Waals surface area (Å²) < 4.78 is 0. The van der Waals surface area contributed by atoms with E-state index in [1.165, 1.54) is 0 Å². The summed E-state index contributed by atoms with van der Waals surface area (Å²) in [5.41, 5.74) is 0. The summed E-state index contributed by atoms with van der Waals surface area (Å²) >= 11 is 0. The Kier molecular flexibility index (Phi) is 5.40. The van der Waals surface area contributed by atoms with Crippen LogP contribution in [-0.4, -0.2) is 59.6 Å². The van der Waals surface area contributed by atoms with E-state index < -0.39 is 0 Å². The smallest absolute Gasteiger partial charge is 0.239 e. The van der Waals surface area contributed by atoms with Gasteiger partial charge in [0.2, 0.25) is 5.91 Å². The summed E-state index contributed by atoms with van der Waals surface area (Å²) in [6.07, 6.45) is 2.15. The first-order chi connectivity index (χ1) is 7.97. The molecule has 2 atom stereocenters. The van der Waals surface area contributed by atoms with Gasteiger partial charge in [0.05, 0.1) is 6.04 Å². The number of piperidine rings is 1. The van der Waals surface area contributed by atoms with Crippen molar-refractivity contribution in [1.29, 1.82) is 0 Å². The molecule has 100 valence electrons. The van der Waals surface area contributed by atoms with Crippen molar-refractivity contribution in [2.45, 2.75) is 45.7 Å². The van der Waals surface area contributed by atoms with Crippen LogP contribution in [0.25, 0.3) is 0 Å². The Balaban J connectivity index is 2.56. The monoisotopic (exact) mass is 242 g/mol. The molecule has 0 spiro atoms. The zero-order chi connectivity index (χ0) is 13.0. The molecule has 0 radical (unpaired) electrons. The van der Waals surface area contributed by atoms with Crippen LogP contribution in [0.5, 0.6) is 0 Å². The number of carbonyl (C=O) groups is 1. The van der Waals surface area contributed by atoms with Gasteiger partial charge in [0, 0.05) is 26.2 Å². The van der Waals surface area contributed by atoms with Crippen molar-refractivity contribution in [3.05, 3.63) is 0 Å². The fourth-order valence-electron chi connectivity index (χ4n) is 2.30. The lowest BCUT2D eigenvalue weighted by Gasteiger charge is -2.37. The van der Waals surface area contributed by atoms with Gasteiger partial charge < -0.3 is 10.0 Å². The number of carbonyl (C=O) groups excluding carboxylic acids is 1. The molecule has 2 unspecified atom stereocenters. The molecule has 0 bridgehead atoms. The van der Waals surface area contributed by atoms with E-state index in [0.29, 0.717) is 5.92 Å². The number of likely N-dealkylation sites (N-methyl/N-ethyl adjacent to an activating group) is 1. The maximum atomic E-state index is 12.2. The Morgan fingerprint density at radius 2 is 2.12 bits per heavy atom. The molecule has 0 aliphatic carbocycles. The number of amides is 1. The van der Waals surface area contributed by atoms with Gasteiger partial charge in [0.15, 0.2) is 0 Å². The van der Waals surface area contributed by atoms with Crippen LogP contribution in [0, 0.1) is 5.92 Å². The van der Waals surface area contributed by atoms with Crippen LogP contribution in [0.4, 0.5) is 0 Å². The number of hydrogen-bond acceptors (Lipinski definition) is 3. The molecule has 1 heterocycles. The first-order valence-electron chi connectivity index (χ1n) is 6.59. The van der Waals surface area contributed by atoms with Gasteiger partial charge in [-0.1, -0.05) is 0 Å². The predicted octanol–water partition coefficient (Wildman–Crippen LogP) is 0.946. The van der Waals surface area contributed by atoms with Gasteiger partial charge in [0.25, 0.3) is 0 Å². The molecule has 0 aromatic rings. The van der Waals surface area contributed by atoms with Gasteiger partial charge in [-0.05, 0) is 46.1 Å². The van der Waals surface area contributed by atoms with Crippen LogP contribution in [0.2, 0.25) is 0 Å². The highest BCUT2D eigenvalue weighted by Crippen LogP contribution is 2.19. The van der Waals surface area contributed by atoms with E-state index in [9.17, 15) is 9.90 Å². The Morgan fingerprint density at radius 3 is 2.65 bits per heavy atom. The molecule has 1 amide bonds. The molecule has 4 heteroatoms. The molecule has 1 saturated heterocycles. The highest BCUT2D eigenvalue weighted by atomic mass is 16.3. The first kappa shape index (κ1) is 14.5. The Labute approximate surface area is 105 Å². The van der Waals surface area contributed by atoms with Crippen molar-refractivity contribution in [1.82, 2.24) is 9.80 Å². The van der Waals surface area contributed by atoms with Crippen LogP contribution >= 0.6 is 0 Å². The molecule has 1 aliphatic rings. The van der Waals surface area contributed by atoms with Gasteiger partial charge in [-0.15, -0.1) is 0 Å². The number of aliphatic hydroxyl groups is 1. The lowest BCUT2D eigenvalue weighted by molar-refractivity contribution is -0.137. The largest absolute Gasteiger partial charge is 0.396 e. The van der Waals surface area contributed by atoms with Crippen LogP contribution in [0.1, 0.15) is 33.6 Å². The number of aliphatic hydroxyl groups excluding tert-OH is 1. The Morgan fingerprint density at radius 1 is 1.47 bits per heavy atom. The molecule has 0 aromatic heterocycles. The van der Waals surface area contributed by atoms with Crippen molar-refractivity contribution in [2.75, 3.05) is 26.7 Å². The Hall–Kier alpha value is -0.610. The molecule has 17 heavy (non-hydrogen) atoms. The predicted molar refractivity (Wildman–Crippen MR) is 68.8 cm³/mol. The summed E-state index contributed by atoms with van der Waals surface area (Å²) in [4.78, 5) is 16.2. The molecule has 1 rings (SSSR count). The van der Waals surface area contributed by atoms with Crippen molar-refractivity contribution in [2.24, 2.45) is 5.92 Å². The summed E-state index contributed by atoms with van der Waals surface area (Å²) in [5.74, 6) is 0.516. The zero-order valence-electron chi connectivity index (χ0n) is 11.5. The highest BCUT2D eigenvalue weighted by molar-refractivity contribution is 5.81. The third-order valence-corrected chi connectivity index (χ3v) is 3.84. The van der Waals surface area contributed by atoms with Crippen molar-refractivity contribution < 1.29 is 9.90 Å².